The molecule has 1 aromatic rings. The van der Waals surface area contributed by atoms with Crippen molar-refractivity contribution in [2.75, 3.05) is 23.9 Å². The molecule has 0 saturated carbocycles. The van der Waals surface area contributed by atoms with Crippen molar-refractivity contribution in [2.24, 2.45) is 0 Å². The summed E-state index contributed by atoms with van der Waals surface area (Å²) in [7, 11) is 0. The fraction of sp³-hybridized carbons (Fsp3) is 0.500. The van der Waals surface area contributed by atoms with Gasteiger partial charge >= 0.3 is 0 Å². The van der Waals surface area contributed by atoms with Crippen LogP contribution in [-0.2, 0) is 0 Å². The van der Waals surface area contributed by atoms with Crippen molar-refractivity contribution in [3.8, 4) is 0 Å². The van der Waals surface area contributed by atoms with Gasteiger partial charge in [-0.15, -0.1) is 0 Å². The van der Waals surface area contributed by atoms with Gasteiger partial charge in [-0.05, 0) is 37.5 Å². The van der Waals surface area contributed by atoms with E-state index in [2.05, 4.69) is 16.6 Å². The van der Waals surface area contributed by atoms with Crippen molar-refractivity contribution in [1.82, 2.24) is 4.98 Å². The third-order valence-electron chi connectivity index (χ3n) is 1.72. The van der Waals surface area contributed by atoms with E-state index in [1.54, 1.807) is 0 Å². The van der Waals surface area contributed by atoms with Crippen LogP contribution >= 0.6 is 11.8 Å². The molecule has 1 rings (SSSR count). The second-order valence-electron chi connectivity index (χ2n) is 2.94. The molecule has 0 aromatic carbocycles. The fourth-order valence-electron chi connectivity index (χ4n) is 1.07. The number of aromatic nitrogens is 1. The molecule has 13 heavy (non-hydrogen) atoms. The quantitative estimate of drug-likeness (QED) is 0.733. The van der Waals surface area contributed by atoms with Gasteiger partial charge < -0.3 is 5.32 Å². The van der Waals surface area contributed by atoms with E-state index in [4.69, 9.17) is 0 Å². The number of hydrogen-bond acceptors (Lipinski definition) is 3. The van der Waals surface area contributed by atoms with Gasteiger partial charge in [0.05, 0.1) is 0 Å². The first-order valence-electron chi connectivity index (χ1n) is 4.49. The van der Waals surface area contributed by atoms with Gasteiger partial charge in [-0.1, -0.05) is 6.07 Å². The van der Waals surface area contributed by atoms with E-state index in [9.17, 15) is 0 Å². The lowest BCUT2D eigenvalue weighted by molar-refractivity contribution is 0.978. The van der Waals surface area contributed by atoms with Crippen LogP contribution in [0.2, 0.25) is 0 Å². The maximum atomic E-state index is 4.35. The normalized spacial score (nSPS) is 10.0. The zero-order chi connectivity index (χ0) is 9.52. The Labute approximate surface area is 84.1 Å². The van der Waals surface area contributed by atoms with Crippen LogP contribution in [0.3, 0.4) is 0 Å². The number of aryl methyl sites for hydroxylation is 1. The van der Waals surface area contributed by atoms with E-state index in [0.29, 0.717) is 0 Å². The Morgan fingerprint density at radius 2 is 2.31 bits per heavy atom. The highest BCUT2D eigenvalue weighted by atomic mass is 32.2. The molecule has 0 amide bonds. The van der Waals surface area contributed by atoms with Gasteiger partial charge in [0.25, 0.3) is 0 Å². The van der Waals surface area contributed by atoms with Crippen LogP contribution in [0.5, 0.6) is 0 Å². The Bertz CT molecular complexity index is 250. The van der Waals surface area contributed by atoms with Crippen LogP contribution in [0.4, 0.5) is 5.82 Å². The molecule has 1 aromatic heterocycles. The summed E-state index contributed by atoms with van der Waals surface area (Å²) in [6.45, 7) is 3.02. The molecule has 0 fully saturated rings. The number of pyridine rings is 1. The summed E-state index contributed by atoms with van der Waals surface area (Å²) in [5, 5.41) is 3.30. The third-order valence-corrected chi connectivity index (χ3v) is 2.42. The van der Waals surface area contributed by atoms with Gasteiger partial charge in [-0.2, -0.15) is 11.8 Å². The lowest BCUT2D eigenvalue weighted by atomic mass is 10.3. The molecule has 0 aliphatic carbocycles. The molecule has 0 atom stereocenters. The van der Waals surface area contributed by atoms with Crippen molar-refractivity contribution in [1.29, 1.82) is 0 Å². The summed E-state index contributed by atoms with van der Waals surface area (Å²) in [5.74, 6) is 2.19. The van der Waals surface area contributed by atoms with E-state index in [1.807, 2.05) is 36.9 Å². The van der Waals surface area contributed by atoms with Gasteiger partial charge in [-0.3, -0.25) is 0 Å². The zero-order valence-electron chi connectivity index (χ0n) is 8.21. The highest BCUT2D eigenvalue weighted by Gasteiger charge is 1.92. The number of nitrogens with zero attached hydrogens (tertiary/aromatic N) is 1. The molecule has 0 aliphatic heterocycles. The van der Waals surface area contributed by atoms with Crippen LogP contribution in [0.15, 0.2) is 18.2 Å². The first kappa shape index (κ1) is 10.4. The van der Waals surface area contributed by atoms with Crippen LogP contribution in [0.25, 0.3) is 0 Å². The Morgan fingerprint density at radius 3 is 3.00 bits per heavy atom. The minimum atomic E-state index is 0.987. The van der Waals surface area contributed by atoms with E-state index in [1.165, 1.54) is 12.2 Å². The summed E-state index contributed by atoms with van der Waals surface area (Å²) < 4.78 is 0. The monoisotopic (exact) mass is 196 g/mol. The van der Waals surface area contributed by atoms with Gasteiger partial charge in [-0.25, -0.2) is 4.98 Å². The Morgan fingerprint density at radius 1 is 1.46 bits per heavy atom. The topological polar surface area (TPSA) is 24.9 Å². The van der Waals surface area contributed by atoms with Crippen molar-refractivity contribution in [3.63, 3.8) is 0 Å². The third kappa shape index (κ3) is 4.18. The van der Waals surface area contributed by atoms with E-state index >= 15 is 0 Å². The van der Waals surface area contributed by atoms with E-state index < -0.39 is 0 Å². The molecule has 0 spiro atoms. The molecule has 0 bridgehead atoms. The lowest BCUT2D eigenvalue weighted by Crippen LogP contribution is -2.04. The molecular weight excluding hydrogens is 180 g/mol. The smallest absolute Gasteiger partial charge is 0.126 e. The number of anilines is 1. The van der Waals surface area contributed by atoms with Crippen LogP contribution in [-0.4, -0.2) is 23.5 Å². The van der Waals surface area contributed by atoms with Gasteiger partial charge in [0, 0.05) is 12.2 Å². The molecule has 0 aliphatic rings. The molecule has 2 nitrogen and oxygen atoms in total. The van der Waals surface area contributed by atoms with Crippen LogP contribution in [0, 0.1) is 6.92 Å². The second-order valence-corrected chi connectivity index (χ2v) is 3.92. The number of rotatable bonds is 5. The standard InChI is InChI=1S/C10H16N2S/c1-9-5-3-6-10(12-9)11-7-4-8-13-2/h3,5-6H,4,7-8H2,1-2H3,(H,11,12). The predicted octanol–water partition coefficient (Wildman–Crippen LogP) is 2.56. The van der Waals surface area contributed by atoms with Gasteiger partial charge in [0.2, 0.25) is 0 Å². The summed E-state index contributed by atoms with van der Waals surface area (Å²) in [5.41, 5.74) is 1.06. The number of nitrogens with one attached hydrogen (secondary N) is 1. The van der Waals surface area contributed by atoms with E-state index in [-0.39, 0.29) is 0 Å². The summed E-state index contributed by atoms with van der Waals surface area (Å²) in [4.78, 5) is 4.35. The summed E-state index contributed by atoms with van der Waals surface area (Å²) in [6, 6.07) is 6.04. The molecule has 3 heteroatoms. The highest BCUT2D eigenvalue weighted by molar-refractivity contribution is 7.98. The average molecular weight is 196 g/mol. The minimum absolute atomic E-state index is 0.987. The van der Waals surface area contributed by atoms with Gasteiger partial charge in [0.15, 0.2) is 0 Å². The summed E-state index contributed by atoms with van der Waals surface area (Å²) >= 11 is 1.88. The predicted molar refractivity (Wildman–Crippen MR) is 60.5 cm³/mol. The first-order chi connectivity index (χ1) is 6.33. The van der Waals surface area contributed by atoms with Crippen molar-refractivity contribution in [3.05, 3.63) is 23.9 Å². The lowest BCUT2D eigenvalue weighted by Gasteiger charge is -2.04. The minimum Gasteiger partial charge on any atom is -0.370 e. The second kappa shape index (κ2) is 5.86. The Kier molecular flexibility index (Phi) is 4.68. The fourth-order valence-corrected chi connectivity index (χ4v) is 1.51. The average Bonchev–Trinajstić information content (AvgIpc) is 2.13. The van der Waals surface area contributed by atoms with E-state index in [0.717, 1.165) is 18.1 Å². The molecule has 72 valence electrons. The first-order valence-corrected chi connectivity index (χ1v) is 5.89. The van der Waals surface area contributed by atoms with Crippen molar-refractivity contribution < 1.29 is 0 Å². The SMILES string of the molecule is CSCCCNc1cccc(C)n1. The molecule has 0 radical (unpaired) electrons. The van der Waals surface area contributed by atoms with Crippen LogP contribution in [0.1, 0.15) is 12.1 Å². The maximum Gasteiger partial charge on any atom is 0.126 e. The van der Waals surface area contributed by atoms with Gasteiger partial charge in [0.1, 0.15) is 5.82 Å². The number of hydrogen-bond donors (Lipinski definition) is 1. The number of thioether (sulfide) groups is 1. The molecular formula is C10H16N2S. The summed E-state index contributed by atoms with van der Waals surface area (Å²) in [6.07, 6.45) is 3.32. The molecule has 1 N–H and O–H groups in total. The Balaban J connectivity index is 2.28. The zero-order valence-corrected chi connectivity index (χ0v) is 9.03. The van der Waals surface area contributed by atoms with Crippen molar-refractivity contribution >= 4 is 17.6 Å². The largest absolute Gasteiger partial charge is 0.370 e. The highest BCUT2D eigenvalue weighted by Crippen LogP contribution is 2.04. The Hall–Kier alpha value is -0.700. The van der Waals surface area contributed by atoms with Crippen molar-refractivity contribution in [2.45, 2.75) is 13.3 Å². The molecule has 1 heterocycles. The maximum absolute atomic E-state index is 4.35. The van der Waals surface area contributed by atoms with Crippen LogP contribution < -0.4 is 5.32 Å². The molecule has 0 unspecified atom stereocenters. The molecule has 0 saturated heterocycles.